The predicted octanol–water partition coefficient (Wildman–Crippen LogP) is 5.46. The quantitative estimate of drug-likeness (QED) is 0.172. The average molecular weight is 591 g/mol. The van der Waals surface area contributed by atoms with Crippen LogP contribution in [0.25, 0.3) is 0 Å². The third kappa shape index (κ3) is 7.76. The second-order valence-corrected chi connectivity index (χ2v) is 10.1. The zero-order valence-corrected chi connectivity index (χ0v) is 22.5. The minimum Gasteiger partial charge on any atom is -0.370 e. The van der Waals surface area contributed by atoms with Gasteiger partial charge in [0.15, 0.2) is 5.78 Å². The maximum absolute atomic E-state index is 13.1. The predicted molar refractivity (Wildman–Crippen MR) is 143 cm³/mol. The average Bonchev–Trinajstić information content (AvgIpc) is 3.43. The van der Waals surface area contributed by atoms with Gasteiger partial charge in [-0.1, -0.05) is 18.5 Å². The Balaban J connectivity index is 1.31. The van der Waals surface area contributed by atoms with E-state index in [0.29, 0.717) is 23.4 Å². The van der Waals surface area contributed by atoms with Crippen LogP contribution in [-0.4, -0.2) is 48.1 Å². The summed E-state index contributed by atoms with van der Waals surface area (Å²) in [5, 5.41) is 5.42. The topological polar surface area (TPSA) is 136 Å². The van der Waals surface area contributed by atoms with Crippen LogP contribution in [0, 0.1) is 0 Å². The van der Waals surface area contributed by atoms with Gasteiger partial charge in [-0.25, -0.2) is 19.9 Å². The van der Waals surface area contributed by atoms with Gasteiger partial charge in [0.2, 0.25) is 0 Å². The fourth-order valence-corrected chi connectivity index (χ4v) is 4.62. The Morgan fingerprint density at radius 3 is 2.60 bits per heavy atom. The summed E-state index contributed by atoms with van der Waals surface area (Å²) in [4.78, 5) is 50.0. The molecule has 1 amide bonds. The SMILES string of the molecule is CC(CC(=O)c1cc(NCCCc2cnccn2)ncn1)c1ncc(C(=O)Nc2cc(C(F)(F)F)c(Cl)cn2)s1. The number of carbonyl (C=O) groups is 2. The molecule has 10 nitrogen and oxygen atoms in total. The molecule has 1 unspecified atom stereocenters. The first-order valence-corrected chi connectivity index (χ1v) is 13.1. The summed E-state index contributed by atoms with van der Waals surface area (Å²) >= 11 is 6.60. The lowest BCUT2D eigenvalue weighted by atomic mass is 10.0. The van der Waals surface area contributed by atoms with E-state index < -0.39 is 22.7 Å². The zero-order chi connectivity index (χ0) is 28.7. The molecule has 0 saturated heterocycles. The Hall–Kier alpha value is -4.04. The van der Waals surface area contributed by atoms with Gasteiger partial charge in [-0.05, 0) is 18.9 Å². The van der Waals surface area contributed by atoms with Crippen molar-refractivity contribution in [3.63, 3.8) is 0 Å². The number of halogens is 4. The summed E-state index contributed by atoms with van der Waals surface area (Å²) < 4.78 is 39.2. The first kappa shape index (κ1) is 29.0. The van der Waals surface area contributed by atoms with E-state index >= 15 is 0 Å². The number of rotatable bonds is 11. The minimum absolute atomic E-state index is 0.0748. The number of alkyl halides is 3. The molecule has 15 heteroatoms. The largest absolute Gasteiger partial charge is 0.418 e. The van der Waals surface area contributed by atoms with Gasteiger partial charge in [0.05, 0.1) is 27.5 Å². The van der Waals surface area contributed by atoms with E-state index in [0.717, 1.165) is 36.1 Å². The summed E-state index contributed by atoms with van der Waals surface area (Å²) in [6.07, 6.45) is 5.31. The van der Waals surface area contributed by atoms with Crippen molar-refractivity contribution < 1.29 is 22.8 Å². The van der Waals surface area contributed by atoms with E-state index in [1.165, 1.54) is 12.5 Å². The van der Waals surface area contributed by atoms with Gasteiger partial charge >= 0.3 is 6.18 Å². The van der Waals surface area contributed by atoms with E-state index in [9.17, 15) is 22.8 Å². The number of amides is 1. The number of pyridine rings is 1. The summed E-state index contributed by atoms with van der Waals surface area (Å²) in [7, 11) is 0. The Morgan fingerprint density at radius 1 is 1.02 bits per heavy atom. The molecule has 40 heavy (non-hydrogen) atoms. The second-order valence-electron chi connectivity index (χ2n) is 8.61. The second kappa shape index (κ2) is 12.9. The molecule has 0 fully saturated rings. The van der Waals surface area contributed by atoms with Crippen molar-refractivity contribution in [1.29, 1.82) is 0 Å². The maximum atomic E-state index is 13.1. The lowest BCUT2D eigenvalue weighted by Gasteiger charge is -2.10. The molecule has 0 saturated carbocycles. The fourth-order valence-electron chi connectivity index (χ4n) is 3.54. The van der Waals surface area contributed by atoms with E-state index in [-0.39, 0.29) is 34.5 Å². The monoisotopic (exact) mass is 590 g/mol. The third-order valence-corrected chi connectivity index (χ3v) is 7.08. The molecule has 0 bridgehead atoms. The highest BCUT2D eigenvalue weighted by Gasteiger charge is 2.34. The molecule has 0 radical (unpaired) electrons. The third-order valence-electron chi connectivity index (χ3n) is 5.55. The van der Waals surface area contributed by atoms with Crippen LogP contribution < -0.4 is 10.6 Å². The standard InChI is InChI=1S/C25H22ClF3N8O2S/c1-14(7-19(38)18-9-21(36-13-35-18)32-4-2-3-15-10-30-5-6-31-15)24-34-12-20(40-24)23(39)37-22-8-16(25(27,28)29)17(26)11-33-22/h5-6,8-14H,2-4,7H2,1H3,(H,32,35,36)(H,33,37,39). The van der Waals surface area contributed by atoms with Gasteiger partial charge in [0.25, 0.3) is 5.91 Å². The lowest BCUT2D eigenvalue weighted by molar-refractivity contribution is -0.137. The van der Waals surface area contributed by atoms with Crippen LogP contribution in [0.3, 0.4) is 0 Å². The first-order valence-electron chi connectivity index (χ1n) is 11.9. The van der Waals surface area contributed by atoms with E-state index in [1.54, 1.807) is 31.6 Å². The highest BCUT2D eigenvalue weighted by atomic mass is 35.5. The van der Waals surface area contributed by atoms with Gasteiger partial charge < -0.3 is 10.6 Å². The number of anilines is 2. The number of Topliss-reactive ketones (excluding diaryl/α,β-unsaturated/α-hetero) is 1. The van der Waals surface area contributed by atoms with E-state index in [2.05, 4.69) is 40.5 Å². The van der Waals surface area contributed by atoms with Gasteiger partial charge in [-0.2, -0.15) is 13.2 Å². The van der Waals surface area contributed by atoms with Crippen molar-refractivity contribution in [3.05, 3.63) is 81.3 Å². The molecule has 4 rings (SSSR count). The molecule has 2 N–H and O–H groups in total. The maximum Gasteiger partial charge on any atom is 0.418 e. The number of ketones is 1. The normalized spacial score (nSPS) is 12.1. The molecule has 1 atom stereocenters. The van der Waals surface area contributed by atoms with Crippen molar-refractivity contribution in [2.24, 2.45) is 0 Å². The molecule has 4 heterocycles. The van der Waals surface area contributed by atoms with Crippen LogP contribution in [0.15, 0.2) is 49.4 Å². The van der Waals surface area contributed by atoms with Crippen molar-refractivity contribution in [2.45, 2.75) is 38.3 Å². The number of nitrogens with one attached hydrogen (secondary N) is 2. The van der Waals surface area contributed by atoms with Crippen LogP contribution in [-0.2, 0) is 12.6 Å². The lowest BCUT2D eigenvalue weighted by Crippen LogP contribution is -2.13. The highest BCUT2D eigenvalue weighted by molar-refractivity contribution is 7.13. The number of nitrogens with zero attached hydrogens (tertiary/aromatic N) is 6. The summed E-state index contributed by atoms with van der Waals surface area (Å²) in [5.74, 6) is -1.05. The number of aryl methyl sites for hydroxylation is 1. The van der Waals surface area contributed by atoms with Gasteiger partial charge in [-0.3, -0.25) is 19.6 Å². The number of thiazole rings is 1. The molecule has 0 aliphatic heterocycles. The van der Waals surface area contributed by atoms with Crippen molar-refractivity contribution in [1.82, 2.24) is 29.9 Å². The molecule has 0 aromatic carbocycles. The number of hydrogen-bond acceptors (Lipinski definition) is 10. The van der Waals surface area contributed by atoms with Crippen molar-refractivity contribution in [3.8, 4) is 0 Å². The van der Waals surface area contributed by atoms with E-state index in [4.69, 9.17) is 11.6 Å². The van der Waals surface area contributed by atoms with Gasteiger partial charge in [-0.15, -0.1) is 11.3 Å². The van der Waals surface area contributed by atoms with Crippen LogP contribution in [0.2, 0.25) is 5.02 Å². The van der Waals surface area contributed by atoms with Crippen LogP contribution in [0.5, 0.6) is 0 Å². The molecular weight excluding hydrogens is 569 g/mol. The summed E-state index contributed by atoms with van der Waals surface area (Å²) in [6, 6.07) is 2.23. The number of carbonyl (C=O) groups excluding carboxylic acids is 2. The Kier molecular flexibility index (Phi) is 9.32. The zero-order valence-electron chi connectivity index (χ0n) is 20.9. The molecule has 208 valence electrons. The highest BCUT2D eigenvalue weighted by Crippen LogP contribution is 2.35. The first-order chi connectivity index (χ1) is 19.1. The molecule has 4 aromatic rings. The van der Waals surface area contributed by atoms with Crippen LogP contribution in [0.4, 0.5) is 24.8 Å². The smallest absolute Gasteiger partial charge is 0.370 e. The molecule has 0 aliphatic carbocycles. The van der Waals surface area contributed by atoms with Crippen molar-refractivity contribution in [2.75, 3.05) is 17.2 Å². The van der Waals surface area contributed by atoms with Gasteiger partial charge in [0, 0.05) is 49.7 Å². The summed E-state index contributed by atoms with van der Waals surface area (Å²) in [5.41, 5.74) is 0.0145. The van der Waals surface area contributed by atoms with Crippen LogP contribution in [0.1, 0.15) is 62.1 Å². The fraction of sp³-hybridized carbons (Fsp3) is 0.280. The number of aromatic nitrogens is 6. The molecule has 0 aliphatic rings. The Bertz CT molecular complexity index is 1490. The van der Waals surface area contributed by atoms with E-state index in [1.807, 2.05) is 0 Å². The Morgan fingerprint density at radius 2 is 1.85 bits per heavy atom. The van der Waals surface area contributed by atoms with Gasteiger partial charge in [0.1, 0.15) is 28.5 Å². The molecule has 0 spiro atoms. The number of hydrogen-bond donors (Lipinski definition) is 2. The molecule has 4 aromatic heterocycles. The van der Waals surface area contributed by atoms with Crippen LogP contribution >= 0.6 is 22.9 Å². The minimum atomic E-state index is -4.70. The molecular formula is C25H22ClF3N8O2S. The van der Waals surface area contributed by atoms with Crippen molar-refractivity contribution >= 4 is 46.3 Å². The summed E-state index contributed by atoms with van der Waals surface area (Å²) in [6.45, 7) is 2.40. The Labute approximate surface area is 235 Å².